The first-order valence-electron chi connectivity index (χ1n) is 8.59. The molecular formula is C15H26N6O2S2. The maximum absolute atomic E-state index is 11.5. The van der Waals surface area contributed by atoms with Gasteiger partial charge in [0.25, 0.3) is 0 Å². The van der Waals surface area contributed by atoms with E-state index < -0.39 is 10.0 Å². The van der Waals surface area contributed by atoms with Gasteiger partial charge >= 0.3 is 0 Å². The molecule has 25 heavy (non-hydrogen) atoms. The lowest BCUT2D eigenvalue weighted by Crippen LogP contribution is -2.51. The Balaban J connectivity index is 1.50. The summed E-state index contributed by atoms with van der Waals surface area (Å²) in [5.41, 5.74) is 6.17. The molecule has 0 bridgehead atoms. The lowest BCUT2D eigenvalue weighted by Gasteiger charge is -2.35. The Morgan fingerprint density at radius 2 is 2.16 bits per heavy atom. The van der Waals surface area contributed by atoms with Crippen LogP contribution in [0.4, 0.5) is 5.13 Å². The summed E-state index contributed by atoms with van der Waals surface area (Å²) in [6, 6.07) is -0.0201. The number of nitrogens with two attached hydrogens (primary N) is 1. The number of rotatable bonds is 5. The van der Waals surface area contributed by atoms with Crippen molar-refractivity contribution >= 4 is 32.5 Å². The van der Waals surface area contributed by atoms with E-state index in [-0.39, 0.29) is 12.0 Å². The van der Waals surface area contributed by atoms with Gasteiger partial charge < -0.3 is 15.5 Å². The molecule has 2 unspecified atom stereocenters. The van der Waals surface area contributed by atoms with Crippen LogP contribution in [0.25, 0.3) is 0 Å². The van der Waals surface area contributed by atoms with E-state index in [1.165, 1.54) is 6.26 Å². The maximum atomic E-state index is 11.5. The van der Waals surface area contributed by atoms with Crippen LogP contribution in [-0.4, -0.2) is 69.3 Å². The summed E-state index contributed by atoms with van der Waals surface area (Å²) in [5, 5.41) is 3.04. The average molecular weight is 387 g/mol. The molecule has 1 saturated carbocycles. The molecule has 1 aliphatic carbocycles. The summed E-state index contributed by atoms with van der Waals surface area (Å²) in [7, 11) is -3.18. The van der Waals surface area contributed by atoms with E-state index in [1.807, 2.05) is 11.6 Å². The van der Waals surface area contributed by atoms with Gasteiger partial charge in [0.05, 0.1) is 6.26 Å². The zero-order valence-electron chi connectivity index (χ0n) is 14.5. The van der Waals surface area contributed by atoms with Gasteiger partial charge in [-0.1, -0.05) is 6.42 Å². The first kappa shape index (κ1) is 18.4. The van der Waals surface area contributed by atoms with Crippen LogP contribution in [-0.2, 0) is 10.0 Å². The standard InChI is InChI=1S/C15H26N6O2S2/c1-25(22,23)19-13-4-2-3-12(13)11-18-14(16)20-6-8-21(9-7-20)15-17-5-10-24-15/h5,10,12-13,19H,2-4,6-9,11H2,1H3,(H2,16,18). The van der Waals surface area contributed by atoms with Crippen molar-refractivity contribution in [2.75, 3.05) is 43.9 Å². The van der Waals surface area contributed by atoms with Crippen LogP contribution in [0, 0.1) is 5.92 Å². The number of thiazole rings is 1. The van der Waals surface area contributed by atoms with E-state index in [4.69, 9.17) is 5.73 Å². The molecule has 0 spiro atoms. The highest BCUT2D eigenvalue weighted by atomic mass is 32.2. The topological polar surface area (TPSA) is 104 Å². The van der Waals surface area contributed by atoms with Gasteiger partial charge in [-0.2, -0.15) is 0 Å². The second-order valence-electron chi connectivity index (χ2n) is 6.68. The SMILES string of the molecule is CS(=O)(=O)NC1CCCC1CN=C(N)N1CCN(c2nccs2)CC1. The Labute approximate surface area is 153 Å². The second-order valence-corrected chi connectivity index (χ2v) is 9.33. The van der Waals surface area contributed by atoms with Crippen LogP contribution in [0.3, 0.4) is 0 Å². The number of guanidine groups is 1. The molecule has 140 valence electrons. The molecule has 10 heteroatoms. The molecule has 1 aromatic heterocycles. The lowest BCUT2D eigenvalue weighted by molar-refractivity contribution is 0.377. The van der Waals surface area contributed by atoms with Gasteiger partial charge in [0, 0.05) is 50.3 Å². The Kier molecular flexibility index (Phi) is 5.80. The summed E-state index contributed by atoms with van der Waals surface area (Å²) < 4.78 is 25.6. The van der Waals surface area contributed by atoms with Gasteiger partial charge in [0.1, 0.15) is 0 Å². The second kappa shape index (κ2) is 7.88. The highest BCUT2D eigenvalue weighted by Gasteiger charge is 2.29. The molecule has 2 aliphatic rings. The van der Waals surface area contributed by atoms with Crippen molar-refractivity contribution in [3.63, 3.8) is 0 Å². The minimum absolute atomic E-state index is 0.0201. The van der Waals surface area contributed by atoms with Gasteiger partial charge in [-0.15, -0.1) is 11.3 Å². The minimum Gasteiger partial charge on any atom is -0.370 e. The Morgan fingerprint density at radius 1 is 1.40 bits per heavy atom. The number of aliphatic imine (C=N–C) groups is 1. The van der Waals surface area contributed by atoms with E-state index in [0.29, 0.717) is 12.5 Å². The molecule has 0 amide bonds. The quantitative estimate of drug-likeness (QED) is 0.557. The molecule has 1 saturated heterocycles. The van der Waals surface area contributed by atoms with Gasteiger partial charge in [-0.25, -0.2) is 18.1 Å². The summed E-state index contributed by atoms with van der Waals surface area (Å²) in [6.45, 7) is 3.98. The van der Waals surface area contributed by atoms with Crippen molar-refractivity contribution in [1.29, 1.82) is 0 Å². The van der Waals surface area contributed by atoms with Gasteiger partial charge in [-0.05, 0) is 18.8 Å². The fraction of sp³-hybridized carbons (Fsp3) is 0.733. The number of aromatic nitrogens is 1. The number of anilines is 1. The Hall–Kier alpha value is -1.39. The fourth-order valence-electron chi connectivity index (χ4n) is 3.50. The third kappa shape index (κ3) is 5.05. The monoisotopic (exact) mass is 386 g/mol. The number of nitrogens with zero attached hydrogens (tertiary/aromatic N) is 4. The van der Waals surface area contributed by atoms with Crippen LogP contribution in [0.2, 0.25) is 0 Å². The molecule has 2 fully saturated rings. The summed E-state index contributed by atoms with van der Waals surface area (Å²) in [4.78, 5) is 13.3. The molecule has 1 aliphatic heterocycles. The average Bonchev–Trinajstić information content (AvgIpc) is 3.23. The highest BCUT2D eigenvalue weighted by molar-refractivity contribution is 7.88. The largest absolute Gasteiger partial charge is 0.370 e. The molecule has 3 N–H and O–H groups in total. The first-order chi connectivity index (χ1) is 11.9. The molecule has 2 atom stereocenters. The van der Waals surface area contributed by atoms with Crippen molar-refractivity contribution in [1.82, 2.24) is 14.6 Å². The molecule has 1 aromatic rings. The Morgan fingerprint density at radius 3 is 2.80 bits per heavy atom. The molecule has 8 nitrogen and oxygen atoms in total. The molecule has 3 rings (SSSR count). The van der Waals surface area contributed by atoms with Crippen LogP contribution in [0.15, 0.2) is 16.6 Å². The number of sulfonamides is 1. The third-order valence-electron chi connectivity index (χ3n) is 4.81. The van der Waals surface area contributed by atoms with E-state index >= 15 is 0 Å². The van der Waals surface area contributed by atoms with E-state index in [9.17, 15) is 8.42 Å². The van der Waals surface area contributed by atoms with Crippen LogP contribution < -0.4 is 15.4 Å². The molecule has 0 radical (unpaired) electrons. The van der Waals surface area contributed by atoms with E-state index in [2.05, 4.69) is 24.5 Å². The molecular weight excluding hydrogens is 360 g/mol. The van der Waals surface area contributed by atoms with Crippen molar-refractivity contribution in [3.05, 3.63) is 11.6 Å². The summed E-state index contributed by atoms with van der Waals surface area (Å²) in [6.07, 6.45) is 5.92. The minimum atomic E-state index is -3.18. The van der Waals surface area contributed by atoms with Crippen molar-refractivity contribution in [2.45, 2.75) is 25.3 Å². The maximum Gasteiger partial charge on any atom is 0.208 e. The zero-order chi connectivity index (χ0) is 17.9. The van der Waals surface area contributed by atoms with Crippen molar-refractivity contribution in [3.8, 4) is 0 Å². The van der Waals surface area contributed by atoms with Crippen LogP contribution in [0.5, 0.6) is 0 Å². The van der Waals surface area contributed by atoms with Crippen molar-refractivity contribution in [2.24, 2.45) is 16.6 Å². The van der Waals surface area contributed by atoms with E-state index in [0.717, 1.165) is 50.6 Å². The third-order valence-corrected chi connectivity index (χ3v) is 6.37. The zero-order valence-corrected chi connectivity index (χ0v) is 16.1. The predicted molar refractivity (Wildman–Crippen MR) is 101 cm³/mol. The van der Waals surface area contributed by atoms with E-state index in [1.54, 1.807) is 11.3 Å². The smallest absolute Gasteiger partial charge is 0.208 e. The number of hydrogen-bond donors (Lipinski definition) is 2. The normalized spacial score (nSPS) is 25.6. The summed E-state index contributed by atoms with van der Waals surface area (Å²) >= 11 is 1.65. The summed E-state index contributed by atoms with van der Waals surface area (Å²) in [5.74, 6) is 0.786. The molecule has 2 heterocycles. The predicted octanol–water partition coefficient (Wildman–Crippen LogP) is 0.298. The van der Waals surface area contributed by atoms with Crippen molar-refractivity contribution < 1.29 is 8.42 Å². The van der Waals surface area contributed by atoms with Crippen LogP contribution in [0.1, 0.15) is 19.3 Å². The lowest BCUT2D eigenvalue weighted by atomic mass is 10.1. The number of nitrogens with one attached hydrogen (secondary N) is 1. The number of hydrogen-bond acceptors (Lipinski definition) is 6. The van der Waals surface area contributed by atoms with Crippen LogP contribution >= 0.6 is 11.3 Å². The van der Waals surface area contributed by atoms with Gasteiger partial charge in [-0.3, -0.25) is 4.99 Å². The van der Waals surface area contributed by atoms with Gasteiger partial charge in [0.15, 0.2) is 11.1 Å². The fourth-order valence-corrected chi connectivity index (χ4v) is 5.05. The highest BCUT2D eigenvalue weighted by Crippen LogP contribution is 2.26. The Bertz CT molecular complexity index is 683. The van der Waals surface area contributed by atoms with Gasteiger partial charge in [0.2, 0.25) is 10.0 Å². The first-order valence-corrected chi connectivity index (χ1v) is 11.4. The molecule has 0 aromatic carbocycles. The number of piperazine rings is 1.